The van der Waals surface area contributed by atoms with Crippen LogP contribution in [0.4, 0.5) is 0 Å². The summed E-state index contributed by atoms with van der Waals surface area (Å²) < 4.78 is 11.5. The van der Waals surface area contributed by atoms with Crippen LogP contribution in [-0.2, 0) is 0 Å². The van der Waals surface area contributed by atoms with E-state index in [0.29, 0.717) is 24.7 Å². The van der Waals surface area contributed by atoms with E-state index < -0.39 is 6.10 Å². The van der Waals surface area contributed by atoms with Crippen molar-refractivity contribution < 1.29 is 14.6 Å². The molecule has 0 heterocycles. The standard InChI is InChI=1S/C30H38N2O3.2ClH/c1-5-20-34-27-18-12-13-19-28(27)35-22-26(33)21-31-30(2,3)23-32(4)29(24-14-8-6-9-15-24)25-16-10-7-11-17-25;;/h5-19,26,29,31,33H,1,20-23H2,2-4H3;2*1H. The summed E-state index contributed by atoms with van der Waals surface area (Å²) in [5.74, 6) is 1.25. The third-order valence-corrected chi connectivity index (χ3v) is 5.77. The molecule has 0 bridgehead atoms. The largest absolute Gasteiger partial charge is 0.487 e. The number of para-hydroxylation sites is 2. The van der Waals surface area contributed by atoms with Crippen molar-refractivity contribution in [2.75, 3.05) is 33.4 Å². The van der Waals surface area contributed by atoms with Crippen molar-refractivity contribution in [1.29, 1.82) is 0 Å². The predicted molar refractivity (Wildman–Crippen MR) is 158 cm³/mol. The van der Waals surface area contributed by atoms with Crippen molar-refractivity contribution in [3.63, 3.8) is 0 Å². The second-order valence-corrected chi connectivity index (χ2v) is 9.42. The van der Waals surface area contributed by atoms with Gasteiger partial charge in [0, 0.05) is 18.6 Å². The van der Waals surface area contributed by atoms with Gasteiger partial charge in [0.15, 0.2) is 11.5 Å². The van der Waals surface area contributed by atoms with Gasteiger partial charge >= 0.3 is 0 Å². The zero-order chi connectivity index (χ0) is 25.1. The third-order valence-electron chi connectivity index (χ3n) is 5.77. The summed E-state index contributed by atoms with van der Waals surface area (Å²) in [4.78, 5) is 2.35. The molecule has 0 aliphatic carbocycles. The number of hydrogen-bond donors (Lipinski definition) is 2. The molecule has 3 aromatic rings. The molecular weight excluding hydrogens is 507 g/mol. The van der Waals surface area contributed by atoms with Gasteiger partial charge in [-0.25, -0.2) is 0 Å². The van der Waals surface area contributed by atoms with Crippen LogP contribution in [-0.4, -0.2) is 55.0 Å². The molecular formula is C30H40Cl2N2O3. The van der Waals surface area contributed by atoms with E-state index in [2.05, 4.69) is 86.2 Å². The number of likely N-dealkylation sites (N-methyl/N-ethyl adjacent to an activating group) is 1. The van der Waals surface area contributed by atoms with Crippen molar-refractivity contribution in [2.45, 2.75) is 31.5 Å². The Bertz CT molecular complexity index is 996. The fourth-order valence-electron chi connectivity index (χ4n) is 4.22. The molecule has 3 aromatic carbocycles. The van der Waals surface area contributed by atoms with Gasteiger partial charge in [-0.05, 0) is 44.2 Å². The topological polar surface area (TPSA) is 54.0 Å². The molecule has 0 aliphatic heterocycles. The third kappa shape index (κ3) is 10.4. The van der Waals surface area contributed by atoms with E-state index >= 15 is 0 Å². The number of benzene rings is 3. The van der Waals surface area contributed by atoms with Crippen LogP contribution in [0.1, 0.15) is 31.0 Å². The molecule has 0 saturated carbocycles. The summed E-state index contributed by atoms with van der Waals surface area (Å²) in [5.41, 5.74) is 2.27. The number of aliphatic hydroxyl groups is 1. The number of nitrogens with zero attached hydrogens (tertiary/aromatic N) is 1. The Kier molecular flexibility index (Phi) is 14.3. The molecule has 7 heteroatoms. The molecule has 0 radical (unpaired) electrons. The van der Waals surface area contributed by atoms with Crippen LogP contribution in [0.2, 0.25) is 0 Å². The number of rotatable bonds is 14. The van der Waals surface area contributed by atoms with Crippen LogP contribution in [0.25, 0.3) is 0 Å². The average Bonchev–Trinajstić information content (AvgIpc) is 2.86. The Balaban J connectivity index is 0.00000342. The van der Waals surface area contributed by atoms with Crippen molar-refractivity contribution >= 4 is 24.8 Å². The summed E-state index contributed by atoms with van der Waals surface area (Å²) in [5, 5.41) is 14.1. The van der Waals surface area contributed by atoms with E-state index in [4.69, 9.17) is 9.47 Å². The molecule has 0 saturated heterocycles. The summed E-state index contributed by atoms with van der Waals surface area (Å²) >= 11 is 0. The number of nitrogens with one attached hydrogen (secondary N) is 1. The molecule has 5 nitrogen and oxygen atoms in total. The van der Waals surface area contributed by atoms with Crippen LogP contribution in [0.3, 0.4) is 0 Å². The number of halogens is 2. The lowest BCUT2D eigenvalue weighted by atomic mass is 9.95. The quantitative estimate of drug-likeness (QED) is 0.245. The summed E-state index contributed by atoms with van der Waals surface area (Å²) in [6, 6.07) is 28.7. The summed E-state index contributed by atoms with van der Waals surface area (Å²) in [7, 11) is 2.15. The monoisotopic (exact) mass is 546 g/mol. The maximum absolute atomic E-state index is 10.6. The fraction of sp³-hybridized carbons (Fsp3) is 0.333. The van der Waals surface area contributed by atoms with Gasteiger partial charge in [0.2, 0.25) is 0 Å². The van der Waals surface area contributed by atoms with Crippen molar-refractivity contribution in [1.82, 2.24) is 10.2 Å². The van der Waals surface area contributed by atoms with E-state index in [9.17, 15) is 5.11 Å². The van der Waals surface area contributed by atoms with Gasteiger partial charge in [-0.2, -0.15) is 0 Å². The van der Waals surface area contributed by atoms with Crippen LogP contribution in [0.15, 0.2) is 97.6 Å². The zero-order valence-corrected chi connectivity index (χ0v) is 23.5. The molecule has 1 unspecified atom stereocenters. The number of ether oxygens (including phenoxy) is 2. The Morgan fingerprint density at radius 1 is 0.865 bits per heavy atom. The van der Waals surface area contributed by atoms with E-state index in [0.717, 1.165) is 6.54 Å². The SMILES string of the molecule is C=CCOc1ccccc1OCC(O)CNC(C)(C)CN(C)C(c1ccccc1)c1ccccc1.Cl.Cl. The van der Waals surface area contributed by atoms with Gasteiger partial charge in [0.05, 0.1) is 6.04 Å². The molecule has 0 aliphatic rings. The highest BCUT2D eigenvalue weighted by molar-refractivity contribution is 5.85. The summed E-state index contributed by atoms with van der Waals surface area (Å²) in [6.07, 6.45) is 1.03. The smallest absolute Gasteiger partial charge is 0.161 e. The normalized spacial score (nSPS) is 11.8. The van der Waals surface area contributed by atoms with Crippen LogP contribution in [0, 0.1) is 0 Å². The van der Waals surface area contributed by atoms with E-state index in [1.165, 1.54) is 11.1 Å². The average molecular weight is 548 g/mol. The lowest BCUT2D eigenvalue weighted by Crippen LogP contribution is -2.51. The van der Waals surface area contributed by atoms with Crippen LogP contribution in [0.5, 0.6) is 11.5 Å². The van der Waals surface area contributed by atoms with Gasteiger partial charge in [-0.15, -0.1) is 24.8 Å². The Morgan fingerprint density at radius 3 is 1.86 bits per heavy atom. The van der Waals surface area contributed by atoms with Crippen LogP contribution < -0.4 is 14.8 Å². The van der Waals surface area contributed by atoms with Gasteiger partial charge in [-0.3, -0.25) is 4.90 Å². The second-order valence-electron chi connectivity index (χ2n) is 9.42. The molecule has 37 heavy (non-hydrogen) atoms. The number of hydrogen-bond acceptors (Lipinski definition) is 5. The molecule has 0 amide bonds. The predicted octanol–water partition coefficient (Wildman–Crippen LogP) is 5.92. The number of β-amino-alcohol motifs (C(OH)–C–C–N with tert-alkyl or cyclic N) is 1. The highest BCUT2D eigenvalue weighted by Gasteiger charge is 2.26. The number of aliphatic hydroxyl groups excluding tert-OH is 1. The Hall–Kier alpha value is -2.54. The highest BCUT2D eigenvalue weighted by atomic mass is 35.5. The molecule has 3 rings (SSSR count). The maximum atomic E-state index is 10.6. The van der Waals surface area contributed by atoms with Gasteiger partial charge < -0.3 is 19.9 Å². The minimum absolute atomic E-state index is 0. The Labute approximate surface area is 234 Å². The molecule has 0 aromatic heterocycles. The van der Waals surface area contributed by atoms with E-state index in [1.807, 2.05) is 36.4 Å². The first-order valence-electron chi connectivity index (χ1n) is 12.1. The lowest BCUT2D eigenvalue weighted by molar-refractivity contribution is 0.0920. The summed E-state index contributed by atoms with van der Waals surface area (Å²) in [6.45, 7) is 9.76. The Morgan fingerprint density at radius 2 is 1.35 bits per heavy atom. The zero-order valence-electron chi connectivity index (χ0n) is 21.9. The van der Waals surface area contributed by atoms with Crippen molar-refractivity contribution in [3.05, 3.63) is 109 Å². The molecule has 2 N–H and O–H groups in total. The van der Waals surface area contributed by atoms with E-state index in [-0.39, 0.29) is 43.0 Å². The van der Waals surface area contributed by atoms with E-state index in [1.54, 1.807) is 6.08 Å². The van der Waals surface area contributed by atoms with Crippen molar-refractivity contribution in [2.24, 2.45) is 0 Å². The van der Waals surface area contributed by atoms with Crippen molar-refractivity contribution in [3.8, 4) is 11.5 Å². The minimum atomic E-state index is -0.661. The van der Waals surface area contributed by atoms with Crippen LogP contribution >= 0.6 is 24.8 Å². The van der Waals surface area contributed by atoms with Gasteiger partial charge in [0.25, 0.3) is 0 Å². The lowest BCUT2D eigenvalue weighted by Gasteiger charge is -2.37. The minimum Gasteiger partial charge on any atom is -0.487 e. The highest BCUT2D eigenvalue weighted by Crippen LogP contribution is 2.29. The molecule has 1 atom stereocenters. The van der Waals surface area contributed by atoms with Gasteiger partial charge in [0.1, 0.15) is 19.3 Å². The fourth-order valence-corrected chi connectivity index (χ4v) is 4.22. The first-order chi connectivity index (χ1) is 16.9. The maximum Gasteiger partial charge on any atom is 0.161 e. The van der Waals surface area contributed by atoms with Gasteiger partial charge in [-0.1, -0.05) is 85.5 Å². The first-order valence-corrected chi connectivity index (χ1v) is 12.1. The molecule has 202 valence electrons. The second kappa shape index (κ2) is 16.3. The molecule has 0 fully saturated rings. The molecule has 0 spiro atoms. The first kappa shape index (κ1) is 32.5.